The first-order valence-electron chi connectivity index (χ1n) is 5.78. The maximum Gasteiger partial charge on any atom is 0.118 e. The van der Waals surface area contributed by atoms with Crippen LogP contribution in [-0.2, 0) is 0 Å². The van der Waals surface area contributed by atoms with Crippen molar-refractivity contribution in [2.75, 3.05) is 12.8 Å². The molecule has 5 nitrogen and oxygen atoms in total. The standard InChI is InChI=1S/C14H12N4O/c1-19-10-4-2-9(3-5-10)12-8-17-13-7-16-6-11(15)14(13)18-12/h2-8H,15H2,1H3. The number of hydrogen-bond donors (Lipinski definition) is 1. The number of aromatic nitrogens is 3. The predicted molar refractivity (Wildman–Crippen MR) is 73.7 cm³/mol. The summed E-state index contributed by atoms with van der Waals surface area (Å²) in [5.74, 6) is 0.807. The van der Waals surface area contributed by atoms with Crippen molar-refractivity contribution in [3.8, 4) is 17.0 Å². The van der Waals surface area contributed by atoms with Gasteiger partial charge in [-0.25, -0.2) is 4.98 Å². The summed E-state index contributed by atoms with van der Waals surface area (Å²) in [5, 5.41) is 0. The number of rotatable bonds is 2. The third-order valence-corrected chi connectivity index (χ3v) is 2.87. The molecule has 1 aromatic carbocycles. The molecule has 0 fully saturated rings. The van der Waals surface area contributed by atoms with Crippen molar-refractivity contribution in [1.29, 1.82) is 0 Å². The summed E-state index contributed by atoms with van der Waals surface area (Å²) in [6.45, 7) is 0. The molecule has 0 aliphatic carbocycles. The molecule has 0 radical (unpaired) electrons. The molecule has 5 heteroatoms. The Hall–Kier alpha value is -2.69. The number of benzene rings is 1. The first-order valence-corrected chi connectivity index (χ1v) is 5.78. The summed E-state index contributed by atoms with van der Waals surface area (Å²) >= 11 is 0. The van der Waals surface area contributed by atoms with E-state index >= 15 is 0 Å². The number of nitrogens with zero attached hydrogens (tertiary/aromatic N) is 3. The van der Waals surface area contributed by atoms with Gasteiger partial charge in [-0.05, 0) is 24.3 Å². The van der Waals surface area contributed by atoms with Crippen LogP contribution < -0.4 is 10.5 Å². The predicted octanol–water partition coefficient (Wildman–Crippen LogP) is 2.28. The largest absolute Gasteiger partial charge is 0.497 e. The number of hydrogen-bond acceptors (Lipinski definition) is 5. The van der Waals surface area contributed by atoms with E-state index in [4.69, 9.17) is 10.5 Å². The van der Waals surface area contributed by atoms with E-state index < -0.39 is 0 Å². The van der Waals surface area contributed by atoms with Gasteiger partial charge in [0.25, 0.3) is 0 Å². The molecule has 2 heterocycles. The van der Waals surface area contributed by atoms with Gasteiger partial charge < -0.3 is 10.5 Å². The fourth-order valence-corrected chi connectivity index (χ4v) is 1.86. The zero-order valence-electron chi connectivity index (χ0n) is 10.4. The van der Waals surface area contributed by atoms with E-state index in [1.54, 1.807) is 25.7 Å². The fraction of sp³-hybridized carbons (Fsp3) is 0.0714. The van der Waals surface area contributed by atoms with Gasteiger partial charge in [-0.1, -0.05) is 0 Å². The van der Waals surface area contributed by atoms with E-state index in [0.29, 0.717) is 16.7 Å². The lowest BCUT2D eigenvalue weighted by molar-refractivity contribution is 0.415. The lowest BCUT2D eigenvalue weighted by Crippen LogP contribution is -1.95. The van der Waals surface area contributed by atoms with Gasteiger partial charge in [0.15, 0.2) is 0 Å². The van der Waals surface area contributed by atoms with Crippen LogP contribution in [0.4, 0.5) is 5.69 Å². The third kappa shape index (κ3) is 2.06. The molecule has 0 saturated heterocycles. The molecule has 2 N–H and O–H groups in total. The van der Waals surface area contributed by atoms with Crippen LogP contribution in [0.5, 0.6) is 5.75 Å². The Kier molecular flexibility index (Phi) is 2.72. The second-order valence-electron chi connectivity index (χ2n) is 4.08. The van der Waals surface area contributed by atoms with Gasteiger partial charge in [-0.3, -0.25) is 9.97 Å². The quantitative estimate of drug-likeness (QED) is 0.757. The molecule has 0 bridgehead atoms. The molecule has 94 valence electrons. The van der Waals surface area contributed by atoms with Crippen LogP contribution in [0.3, 0.4) is 0 Å². The van der Waals surface area contributed by atoms with E-state index in [1.807, 2.05) is 24.3 Å². The van der Waals surface area contributed by atoms with Crippen LogP contribution >= 0.6 is 0 Å². The average Bonchev–Trinajstić information content (AvgIpc) is 2.47. The fourth-order valence-electron chi connectivity index (χ4n) is 1.86. The summed E-state index contributed by atoms with van der Waals surface area (Å²) in [4.78, 5) is 12.9. The Morgan fingerprint density at radius 2 is 1.84 bits per heavy atom. The smallest absolute Gasteiger partial charge is 0.118 e. The first kappa shape index (κ1) is 11.4. The first-order chi connectivity index (χ1) is 9.28. The molecule has 0 atom stereocenters. The number of pyridine rings is 1. The molecule has 0 aliphatic heterocycles. The highest BCUT2D eigenvalue weighted by atomic mass is 16.5. The number of nitrogens with two attached hydrogens (primary N) is 1. The SMILES string of the molecule is COc1ccc(-c2cnc3cncc(N)c3n2)cc1. The van der Waals surface area contributed by atoms with Gasteiger partial charge in [0, 0.05) is 5.56 Å². The summed E-state index contributed by atoms with van der Waals surface area (Å²) in [5.41, 5.74) is 9.49. The molecule has 0 amide bonds. The highest BCUT2D eigenvalue weighted by Gasteiger charge is 2.05. The van der Waals surface area contributed by atoms with E-state index in [0.717, 1.165) is 17.0 Å². The second kappa shape index (κ2) is 4.53. The summed E-state index contributed by atoms with van der Waals surface area (Å²) < 4.78 is 5.13. The minimum Gasteiger partial charge on any atom is -0.497 e. The Labute approximate surface area is 110 Å². The van der Waals surface area contributed by atoms with E-state index in [1.165, 1.54) is 0 Å². The highest BCUT2D eigenvalue weighted by Crippen LogP contribution is 2.23. The Bertz CT molecular complexity index is 725. The lowest BCUT2D eigenvalue weighted by atomic mass is 10.1. The minimum absolute atomic E-state index is 0.528. The summed E-state index contributed by atoms with van der Waals surface area (Å²) in [6.07, 6.45) is 4.94. The zero-order chi connectivity index (χ0) is 13.2. The van der Waals surface area contributed by atoms with Gasteiger partial charge >= 0.3 is 0 Å². The number of anilines is 1. The van der Waals surface area contributed by atoms with Gasteiger partial charge in [0.05, 0.1) is 37.1 Å². The normalized spacial score (nSPS) is 10.6. The van der Waals surface area contributed by atoms with E-state index in [9.17, 15) is 0 Å². The number of ether oxygens (including phenoxy) is 1. The van der Waals surface area contributed by atoms with Crippen LogP contribution in [0.1, 0.15) is 0 Å². The minimum atomic E-state index is 0.528. The zero-order valence-corrected chi connectivity index (χ0v) is 10.4. The topological polar surface area (TPSA) is 73.9 Å². The maximum absolute atomic E-state index is 5.86. The summed E-state index contributed by atoms with van der Waals surface area (Å²) in [6, 6.07) is 7.65. The van der Waals surface area contributed by atoms with Crippen molar-refractivity contribution in [3.63, 3.8) is 0 Å². The van der Waals surface area contributed by atoms with Crippen LogP contribution in [-0.4, -0.2) is 22.1 Å². The van der Waals surface area contributed by atoms with E-state index in [2.05, 4.69) is 15.0 Å². The molecule has 0 unspecified atom stereocenters. The second-order valence-corrected chi connectivity index (χ2v) is 4.08. The van der Waals surface area contributed by atoms with Crippen molar-refractivity contribution in [3.05, 3.63) is 42.9 Å². The third-order valence-electron chi connectivity index (χ3n) is 2.87. The monoisotopic (exact) mass is 252 g/mol. The average molecular weight is 252 g/mol. The van der Waals surface area contributed by atoms with Crippen molar-refractivity contribution >= 4 is 16.7 Å². The van der Waals surface area contributed by atoms with Crippen LogP contribution in [0, 0.1) is 0 Å². The van der Waals surface area contributed by atoms with Crippen molar-refractivity contribution in [2.24, 2.45) is 0 Å². The number of methoxy groups -OCH3 is 1. The van der Waals surface area contributed by atoms with Crippen LogP contribution in [0.25, 0.3) is 22.3 Å². The summed E-state index contributed by atoms with van der Waals surface area (Å²) in [7, 11) is 1.64. The molecule has 19 heavy (non-hydrogen) atoms. The lowest BCUT2D eigenvalue weighted by Gasteiger charge is -2.05. The maximum atomic E-state index is 5.86. The van der Waals surface area contributed by atoms with Crippen molar-refractivity contribution in [2.45, 2.75) is 0 Å². The van der Waals surface area contributed by atoms with Gasteiger partial charge in [0.1, 0.15) is 16.8 Å². The Morgan fingerprint density at radius 1 is 1.05 bits per heavy atom. The van der Waals surface area contributed by atoms with Crippen molar-refractivity contribution < 1.29 is 4.74 Å². The molecule has 0 aliphatic rings. The Morgan fingerprint density at radius 3 is 2.58 bits per heavy atom. The molecule has 0 saturated carbocycles. The number of fused-ring (bicyclic) bond motifs is 1. The van der Waals surface area contributed by atoms with Crippen LogP contribution in [0.2, 0.25) is 0 Å². The van der Waals surface area contributed by atoms with Crippen molar-refractivity contribution in [1.82, 2.24) is 15.0 Å². The van der Waals surface area contributed by atoms with Crippen LogP contribution in [0.15, 0.2) is 42.9 Å². The van der Waals surface area contributed by atoms with Gasteiger partial charge in [-0.15, -0.1) is 0 Å². The molecule has 0 spiro atoms. The van der Waals surface area contributed by atoms with Gasteiger partial charge in [-0.2, -0.15) is 0 Å². The molecular formula is C14H12N4O. The highest BCUT2D eigenvalue weighted by molar-refractivity contribution is 5.86. The molecule has 2 aromatic heterocycles. The Balaban J connectivity index is 2.11. The molecule has 3 rings (SSSR count). The number of nitrogen functional groups attached to an aromatic ring is 1. The molecular weight excluding hydrogens is 240 g/mol. The van der Waals surface area contributed by atoms with Gasteiger partial charge in [0.2, 0.25) is 0 Å². The van der Waals surface area contributed by atoms with E-state index in [-0.39, 0.29) is 0 Å². The molecule has 3 aromatic rings.